The van der Waals surface area contributed by atoms with Crippen LogP contribution in [0, 0.1) is 5.92 Å². The van der Waals surface area contributed by atoms with Crippen LogP contribution in [-0.2, 0) is 4.74 Å². The second-order valence-electron chi connectivity index (χ2n) is 5.17. The fourth-order valence-corrected chi connectivity index (χ4v) is 0.822. The van der Waals surface area contributed by atoms with Crippen LogP contribution in [-0.4, -0.2) is 17.0 Å². The minimum Gasteiger partial charge on any atom is -0.375 e. The lowest BCUT2D eigenvalue weighted by Crippen LogP contribution is -2.32. The van der Waals surface area contributed by atoms with Crippen molar-refractivity contribution in [1.82, 2.24) is 0 Å². The van der Waals surface area contributed by atoms with E-state index in [2.05, 4.69) is 54.2 Å². The zero-order chi connectivity index (χ0) is 10.7. The second-order valence-corrected chi connectivity index (χ2v) is 6.38. The first-order chi connectivity index (χ1) is 5.65. The van der Waals surface area contributed by atoms with Gasteiger partial charge in [0, 0.05) is 11.4 Å². The average Bonchev–Trinajstić information content (AvgIpc) is 1.82. The van der Waals surface area contributed by atoms with Crippen LogP contribution in [0.4, 0.5) is 0 Å². The van der Waals surface area contributed by atoms with Gasteiger partial charge in [-0.15, -0.1) is 0 Å². The predicted molar refractivity (Wildman–Crippen MR) is 62.6 cm³/mol. The monoisotopic (exact) mass is 204 g/mol. The highest BCUT2D eigenvalue weighted by Crippen LogP contribution is 2.23. The third-order valence-corrected chi connectivity index (χ3v) is 2.80. The molecular formula is C11H24OS. The number of thiol groups is 1. The highest BCUT2D eigenvalue weighted by molar-refractivity contribution is 7.81. The maximum absolute atomic E-state index is 5.82. The van der Waals surface area contributed by atoms with Gasteiger partial charge in [0.15, 0.2) is 0 Å². The molecule has 0 aliphatic carbocycles. The SMILES string of the molecule is CC(C)C(C)(C)OCCC(C)(C)S. The Hall–Kier alpha value is 0.310. The smallest absolute Gasteiger partial charge is 0.0649 e. The molecule has 0 bridgehead atoms. The lowest BCUT2D eigenvalue weighted by molar-refractivity contribution is -0.0526. The van der Waals surface area contributed by atoms with E-state index in [0.717, 1.165) is 13.0 Å². The molecule has 0 saturated carbocycles. The molecule has 80 valence electrons. The van der Waals surface area contributed by atoms with Gasteiger partial charge in [-0.1, -0.05) is 27.7 Å². The Kier molecular flexibility index (Phi) is 4.81. The van der Waals surface area contributed by atoms with E-state index in [9.17, 15) is 0 Å². The van der Waals surface area contributed by atoms with E-state index in [-0.39, 0.29) is 10.3 Å². The van der Waals surface area contributed by atoms with E-state index < -0.39 is 0 Å². The van der Waals surface area contributed by atoms with Crippen LogP contribution in [0.15, 0.2) is 0 Å². The van der Waals surface area contributed by atoms with Crippen molar-refractivity contribution in [2.24, 2.45) is 5.92 Å². The van der Waals surface area contributed by atoms with Crippen molar-refractivity contribution >= 4 is 12.6 Å². The van der Waals surface area contributed by atoms with Gasteiger partial charge in [-0.25, -0.2) is 0 Å². The number of hydrogen-bond donors (Lipinski definition) is 1. The minimum atomic E-state index is -0.0149. The summed E-state index contributed by atoms with van der Waals surface area (Å²) in [7, 11) is 0. The van der Waals surface area contributed by atoms with Gasteiger partial charge in [-0.3, -0.25) is 0 Å². The zero-order valence-corrected chi connectivity index (χ0v) is 10.7. The molecule has 0 aromatic rings. The van der Waals surface area contributed by atoms with E-state index in [1.807, 2.05) is 0 Å². The average molecular weight is 204 g/mol. The van der Waals surface area contributed by atoms with Gasteiger partial charge in [0.25, 0.3) is 0 Å². The Morgan fingerprint density at radius 1 is 1.15 bits per heavy atom. The summed E-state index contributed by atoms with van der Waals surface area (Å²) < 4.78 is 5.89. The van der Waals surface area contributed by atoms with Crippen molar-refractivity contribution in [3.05, 3.63) is 0 Å². The third-order valence-electron chi connectivity index (χ3n) is 2.58. The Morgan fingerprint density at radius 2 is 1.62 bits per heavy atom. The van der Waals surface area contributed by atoms with Crippen LogP contribution in [0.1, 0.15) is 48.0 Å². The van der Waals surface area contributed by atoms with Crippen molar-refractivity contribution in [1.29, 1.82) is 0 Å². The number of rotatable bonds is 5. The first-order valence-electron chi connectivity index (χ1n) is 5.01. The molecule has 0 amide bonds. The van der Waals surface area contributed by atoms with E-state index in [1.165, 1.54) is 0 Å². The van der Waals surface area contributed by atoms with Gasteiger partial charge in [-0.05, 0) is 26.2 Å². The van der Waals surface area contributed by atoms with E-state index >= 15 is 0 Å². The van der Waals surface area contributed by atoms with Gasteiger partial charge in [0.1, 0.15) is 0 Å². The molecule has 0 rings (SSSR count). The Morgan fingerprint density at radius 3 is 1.92 bits per heavy atom. The summed E-state index contributed by atoms with van der Waals surface area (Å²) in [4.78, 5) is 0. The second kappa shape index (κ2) is 4.70. The van der Waals surface area contributed by atoms with Crippen molar-refractivity contribution in [3.8, 4) is 0 Å². The molecular weight excluding hydrogens is 180 g/mol. The molecule has 0 heterocycles. The summed E-state index contributed by atoms with van der Waals surface area (Å²) in [6.07, 6.45) is 0.992. The summed E-state index contributed by atoms with van der Waals surface area (Å²) in [6, 6.07) is 0. The molecule has 1 nitrogen and oxygen atoms in total. The quantitative estimate of drug-likeness (QED) is 0.674. The fraction of sp³-hybridized carbons (Fsp3) is 1.00. The summed E-state index contributed by atoms with van der Waals surface area (Å²) in [5, 5.41) is 0. The highest BCUT2D eigenvalue weighted by Gasteiger charge is 2.23. The van der Waals surface area contributed by atoms with Crippen LogP contribution in [0.5, 0.6) is 0 Å². The van der Waals surface area contributed by atoms with Crippen LogP contribution < -0.4 is 0 Å². The first kappa shape index (κ1) is 13.3. The molecule has 13 heavy (non-hydrogen) atoms. The van der Waals surface area contributed by atoms with E-state index in [1.54, 1.807) is 0 Å². The van der Waals surface area contributed by atoms with Crippen molar-refractivity contribution in [2.75, 3.05) is 6.61 Å². The summed E-state index contributed by atoms with van der Waals surface area (Å²) in [5.41, 5.74) is -0.0149. The summed E-state index contributed by atoms with van der Waals surface area (Å²) in [5.74, 6) is 0.551. The first-order valence-corrected chi connectivity index (χ1v) is 5.46. The Labute approximate surface area is 88.7 Å². The predicted octanol–water partition coefficient (Wildman–Crippen LogP) is 3.54. The Bertz CT molecular complexity index is 145. The lowest BCUT2D eigenvalue weighted by atomic mass is 9.94. The van der Waals surface area contributed by atoms with Crippen molar-refractivity contribution in [3.63, 3.8) is 0 Å². The molecule has 0 spiro atoms. The molecule has 0 aliphatic heterocycles. The minimum absolute atomic E-state index is 0.0149. The molecule has 0 aliphatic rings. The normalized spacial score (nSPS) is 13.8. The third kappa shape index (κ3) is 6.39. The van der Waals surface area contributed by atoms with E-state index in [4.69, 9.17) is 4.74 Å². The van der Waals surface area contributed by atoms with Gasteiger partial charge in [0.05, 0.1) is 5.60 Å². The van der Waals surface area contributed by atoms with Gasteiger partial charge in [-0.2, -0.15) is 12.6 Å². The van der Waals surface area contributed by atoms with Gasteiger partial charge in [0.2, 0.25) is 0 Å². The van der Waals surface area contributed by atoms with E-state index in [0.29, 0.717) is 5.92 Å². The molecule has 0 aromatic carbocycles. The molecule has 0 unspecified atom stereocenters. The largest absolute Gasteiger partial charge is 0.375 e. The van der Waals surface area contributed by atoms with Crippen LogP contribution in [0.2, 0.25) is 0 Å². The van der Waals surface area contributed by atoms with Crippen LogP contribution in [0.25, 0.3) is 0 Å². The maximum atomic E-state index is 5.82. The fourth-order valence-electron chi connectivity index (χ4n) is 0.731. The number of ether oxygens (including phenoxy) is 1. The molecule has 0 radical (unpaired) electrons. The molecule has 0 saturated heterocycles. The van der Waals surface area contributed by atoms with Gasteiger partial charge >= 0.3 is 0 Å². The highest BCUT2D eigenvalue weighted by atomic mass is 32.1. The molecule has 2 heteroatoms. The molecule has 0 atom stereocenters. The molecule has 0 fully saturated rings. The Balaban J connectivity index is 3.77. The van der Waals surface area contributed by atoms with Gasteiger partial charge < -0.3 is 4.74 Å². The maximum Gasteiger partial charge on any atom is 0.0649 e. The molecule has 0 aromatic heterocycles. The number of hydrogen-bond acceptors (Lipinski definition) is 2. The van der Waals surface area contributed by atoms with Crippen molar-refractivity contribution in [2.45, 2.75) is 58.3 Å². The summed E-state index contributed by atoms with van der Waals surface area (Å²) in [6.45, 7) is 13.7. The van der Waals surface area contributed by atoms with Crippen molar-refractivity contribution < 1.29 is 4.74 Å². The lowest BCUT2D eigenvalue weighted by Gasteiger charge is -2.31. The topological polar surface area (TPSA) is 9.23 Å². The standard InChI is InChI=1S/C11H24OS/c1-9(2)11(5,6)12-8-7-10(3,4)13/h9,13H,7-8H2,1-6H3. The van der Waals surface area contributed by atoms with Crippen LogP contribution in [0.3, 0.4) is 0 Å². The summed E-state index contributed by atoms with van der Waals surface area (Å²) >= 11 is 4.46. The van der Waals surface area contributed by atoms with Crippen LogP contribution >= 0.6 is 12.6 Å². The zero-order valence-electron chi connectivity index (χ0n) is 9.85. The molecule has 0 N–H and O–H groups in total.